The van der Waals surface area contributed by atoms with Crippen LogP contribution in [0.5, 0.6) is 5.75 Å². The molecule has 0 aromatic heterocycles. The van der Waals surface area contributed by atoms with Crippen LogP contribution in [0.3, 0.4) is 0 Å². The Morgan fingerprint density at radius 2 is 1.83 bits per heavy atom. The summed E-state index contributed by atoms with van der Waals surface area (Å²) in [4.78, 5) is 32.5. The number of hydrogen-bond donors (Lipinski definition) is 1. The van der Waals surface area contributed by atoms with E-state index < -0.39 is 12.0 Å². The molecule has 7 nitrogen and oxygen atoms in total. The first-order valence-corrected chi connectivity index (χ1v) is 12.3. The van der Waals surface area contributed by atoms with Crippen molar-refractivity contribution in [1.82, 2.24) is 4.90 Å². The Morgan fingerprint density at radius 1 is 1.11 bits per heavy atom. The molecular weight excluding hydrogens is 462 g/mol. The summed E-state index contributed by atoms with van der Waals surface area (Å²) in [5.74, 6) is 0.441. The van der Waals surface area contributed by atoms with E-state index in [2.05, 4.69) is 24.2 Å². The van der Waals surface area contributed by atoms with Crippen molar-refractivity contribution in [2.45, 2.75) is 39.2 Å². The number of benzene rings is 2. The molecule has 0 saturated heterocycles. The van der Waals surface area contributed by atoms with Crippen molar-refractivity contribution in [2.24, 2.45) is 4.99 Å². The molecule has 2 aliphatic rings. The van der Waals surface area contributed by atoms with Crippen LogP contribution in [0.1, 0.15) is 50.3 Å². The first-order valence-electron chi connectivity index (χ1n) is 11.4. The van der Waals surface area contributed by atoms with E-state index >= 15 is 0 Å². The van der Waals surface area contributed by atoms with Gasteiger partial charge >= 0.3 is 5.97 Å². The van der Waals surface area contributed by atoms with Gasteiger partial charge in [0.15, 0.2) is 5.17 Å². The zero-order chi connectivity index (χ0) is 25.1. The first kappa shape index (κ1) is 24.6. The number of allylic oxidation sites excluding steroid dienone is 1. The van der Waals surface area contributed by atoms with Crippen LogP contribution in [0.15, 0.2) is 75.9 Å². The molecule has 0 saturated carbocycles. The van der Waals surface area contributed by atoms with Gasteiger partial charge in [0.05, 0.1) is 38.0 Å². The Morgan fingerprint density at radius 3 is 2.49 bits per heavy atom. The Balaban J connectivity index is 1.64. The lowest BCUT2D eigenvalue weighted by molar-refractivity contribution is -0.136. The maximum Gasteiger partial charge on any atom is 0.338 e. The van der Waals surface area contributed by atoms with Gasteiger partial charge in [-0.15, -0.1) is 0 Å². The predicted octanol–water partition coefficient (Wildman–Crippen LogP) is 5.60. The number of nitrogens with zero attached hydrogens (tertiary/aromatic N) is 2. The third-order valence-corrected chi connectivity index (χ3v) is 6.93. The molecule has 0 fully saturated rings. The van der Waals surface area contributed by atoms with Crippen LogP contribution < -0.4 is 10.1 Å². The van der Waals surface area contributed by atoms with Crippen LogP contribution in [-0.4, -0.2) is 36.2 Å². The highest BCUT2D eigenvalue weighted by Crippen LogP contribution is 2.46. The number of thioether (sulfide) groups is 1. The van der Waals surface area contributed by atoms with Gasteiger partial charge in [0.1, 0.15) is 5.75 Å². The maximum atomic E-state index is 13.0. The number of aliphatic imine (C=N–C) groups is 1. The second-order valence-electron chi connectivity index (χ2n) is 8.63. The van der Waals surface area contributed by atoms with Crippen molar-refractivity contribution in [1.29, 1.82) is 0 Å². The van der Waals surface area contributed by atoms with E-state index in [-0.39, 0.29) is 12.3 Å². The number of methoxy groups -OCH3 is 2. The average Bonchev–Trinajstić information content (AvgIpc) is 3.24. The van der Waals surface area contributed by atoms with Crippen molar-refractivity contribution in [3.8, 4) is 5.75 Å². The molecule has 182 valence electrons. The summed E-state index contributed by atoms with van der Waals surface area (Å²) in [6, 6.07) is 14.9. The van der Waals surface area contributed by atoms with E-state index in [0.29, 0.717) is 28.1 Å². The summed E-state index contributed by atoms with van der Waals surface area (Å²) in [5.41, 5.74) is 4.49. The SMILES string of the molecule is COC(=O)C1=C(C)N=C2SC=C(CC(=O)Nc3ccc(C(C)C)cc3)N2C1c1ccccc1OC. The van der Waals surface area contributed by atoms with Gasteiger partial charge in [-0.1, -0.05) is 55.9 Å². The number of ether oxygens (including phenoxy) is 2. The zero-order valence-electron chi connectivity index (χ0n) is 20.5. The van der Waals surface area contributed by atoms with Crippen molar-refractivity contribution in [2.75, 3.05) is 19.5 Å². The van der Waals surface area contributed by atoms with Crippen molar-refractivity contribution < 1.29 is 19.1 Å². The minimum Gasteiger partial charge on any atom is -0.496 e. The van der Waals surface area contributed by atoms with Crippen molar-refractivity contribution >= 4 is 34.5 Å². The average molecular weight is 492 g/mol. The quantitative estimate of drug-likeness (QED) is 0.508. The number of carbonyl (C=O) groups excluding carboxylic acids is 2. The van der Waals surface area contributed by atoms with E-state index in [1.807, 2.05) is 58.8 Å². The molecule has 1 atom stereocenters. The normalized spacial score (nSPS) is 17.1. The Labute approximate surface area is 209 Å². The van der Waals surface area contributed by atoms with Gasteiger partial charge in [0, 0.05) is 16.9 Å². The molecule has 0 radical (unpaired) electrons. The van der Waals surface area contributed by atoms with Gasteiger partial charge in [-0.25, -0.2) is 9.79 Å². The molecule has 35 heavy (non-hydrogen) atoms. The van der Waals surface area contributed by atoms with Gasteiger partial charge in [0.25, 0.3) is 0 Å². The Hall–Kier alpha value is -3.52. The lowest BCUT2D eigenvalue weighted by Crippen LogP contribution is -2.37. The predicted molar refractivity (Wildman–Crippen MR) is 139 cm³/mol. The number of amidine groups is 1. The summed E-state index contributed by atoms with van der Waals surface area (Å²) in [5, 5.41) is 5.59. The van der Waals surface area contributed by atoms with Gasteiger partial charge in [-0.3, -0.25) is 4.79 Å². The number of carbonyl (C=O) groups is 2. The number of nitrogens with one attached hydrogen (secondary N) is 1. The van der Waals surface area contributed by atoms with Crippen LogP contribution in [0.4, 0.5) is 5.69 Å². The van der Waals surface area contributed by atoms with E-state index in [9.17, 15) is 9.59 Å². The van der Waals surface area contributed by atoms with Crippen LogP contribution in [0.25, 0.3) is 0 Å². The molecule has 2 aliphatic heterocycles. The Bertz CT molecular complexity index is 1230. The summed E-state index contributed by atoms with van der Waals surface area (Å²) in [7, 11) is 2.95. The maximum absolute atomic E-state index is 13.0. The highest BCUT2D eigenvalue weighted by Gasteiger charge is 2.42. The highest BCUT2D eigenvalue weighted by molar-refractivity contribution is 8.16. The number of esters is 1. The molecule has 0 bridgehead atoms. The molecule has 2 aromatic rings. The van der Waals surface area contributed by atoms with Crippen molar-refractivity contribution in [3.05, 3.63) is 82.0 Å². The molecule has 1 unspecified atom stereocenters. The minimum atomic E-state index is -0.537. The number of amides is 1. The molecule has 4 rings (SSSR count). The van der Waals surface area contributed by atoms with E-state index in [4.69, 9.17) is 9.47 Å². The second-order valence-corrected chi connectivity index (χ2v) is 9.46. The van der Waals surface area contributed by atoms with Crippen LogP contribution >= 0.6 is 11.8 Å². The number of rotatable bonds is 7. The van der Waals surface area contributed by atoms with Crippen LogP contribution in [-0.2, 0) is 14.3 Å². The highest BCUT2D eigenvalue weighted by atomic mass is 32.2. The minimum absolute atomic E-state index is 0.122. The molecule has 1 N–H and O–H groups in total. The van der Waals surface area contributed by atoms with Gasteiger partial charge in [-0.05, 0) is 42.0 Å². The number of hydrogen-bond acceptors (Lipinski definition) is 7. The largest absolute Gasteiger partial charge is 0.496 e. The third kappa shape index (κ3) is 4.98. The molecule has 2 aromatic carbocycles. The van der Waals surface area contributed by atoms with Crippen LogP contribution in [0.2, 0.25) is 0 Å². The lowest BCUT2D eigenvalue weighted by atomic mass is 9.93. The summed E-state index contributed by atoms with van der Waals surface area (Å²) in [6.07, 6.45) is 0.122. The number of para-hydroxylation sites is 1. The van der Waals surface area contributed by atoms with Gasteiger partial charge in [0.2, 0.25) is 5.91 Å². The molecule has 1 amide bonds. The van der Waals surface area contributed by atoms with Crippen molar-refractivity contribution in [3.63, 3.8) is 0 Å². The summed E-state index contributed by atoms with van der Waals surface area (Å²) < 4.78 is 10.7. The summed E-state index contributed by atoms with van der Waals surface area (Å²) in [6.45, 7) is 6.06. The molecule has 8 heteroatoms. The molecular formula is C27H29N3O4S. The fourth-order valence-electron chi connectivity index (χ4n) is 4.25. The Kier molecular flexibility index (Phi) is 7.31. The van der Waals surface area contributed by atoms with E-state index in [1.54, 1.807) is 14.0 Å². The standard InChI is InChI=1S/C27H29N3O4S/c1-16(2)18-10-12-19(13-11-18)29-23(31)14-20-15-35-27-28-17(3)24(26(32)34-5)25(30(20)27)21-8-6-7-9-22(21)33-4/h6-13,15-16,25H,14H2,1-5H3,(H,29,31). The molecule has 0 spiro atoms. The van der Waals surface area contributed by atoms with E-state index in [1.165, 1.54) is 24.4 Å². The molecule has 0 aliphatic carbocycles. The van der Waals surface area contributed by atoms with Crippen LogP contribution in [0, 0.1) is 0 Å². The zero-order valence-corrected chi connectivity index (χ0v) is 21.3. The van der Waals surface area contributed by atoms with E-state index in [0.717, 1.165) is 16.9 Å². The fraction of sp³-hybridized carbons (Fsp3) is 0.296. The van der Waals surface area contributed by atoms with Gasteiger partial charge in [-0.2, -0.15) is 0 Å². The third-order valence-electron chi connectivity index (χ3n) is 6.04. The smallest absolute Gasteiger partial charge is 0.338 e. The monoisotopic (exact) mass is 491 g/mol. The summed E-state index contributed by atoms with van der Waals surface area (Å²) >= 11 is 1.43. The fourth-order valence-corrected chi connectivity index (χ4v) is 5.21. The number of fused-ring (bicyclic) bond motifs is 1. The molecule has 2 heterocycles. The first-order chi connectivity index (χ1) is 16.8. The lowest BCUT2D eigenvalue weighted by Gasteiger charge is -2.36. The van der Waals surface area contributed by atoms with Gasteiger partial charge < -0.3 is 19.7 Å². The topological polar surface area (TPSA) is 80.2 Å². The second kappa shape index (κ2) is 10.4. The number of anilines is 1.